The van der Waals surface area contributed by atoms with E-state index in [0.29, 0.717) is 35.3 Å². The van der Waals surface area contributed by atoms with Crippen LogP contribution in [0.25, 0.3) is 28.1 Å². The Morgan fingerprint density at radius 1 is 0.949 bits per heavy atom. The van der Waals surface area contributed by atoms with Gasteiger partial charge in [-0.05, 0) is 69.7 Å². The quantitative estimate of drug-likeness (QED) is 0.263. The summed E-state index contributed by atoms with van der Waals surface area (Å²) in [5.74, 6) is 0.478. The Hall–Kier alpha value is -4.31. The minimum Gasteiger partial charge on any atom is -0.507 e. The summed E-state index contributed by atoms with van der Waals surface area (Å²) in [4.78, 5) is 25.7. The van der Waals surface area contributed by atoms with Crippen molar-refractivity contribution in [3.8, 4) is 22.8 Å². The molecule has 3 aromatic carbocycles. The van der Waals surface area contributed by atoms with Crippen molar-refractivity contribution in [3.05, 3.63) is 82.3 Å². The number of nitrogens with one attached hydrogen (secondary N) is 1. The highest BCUT2D eigenvalue weighted by Crippen LogP contribution is 2.34. The first kappa shape index (κ1) is 26.3. The van der Waals surface area contributed by atoms with Crippen molar-refractivity contribution in [2.75, 3.05) is 11.1 Å². The Morgan fingerprint density at radius 2 is 1.69 bits per heavy atom. The van der Waals surface area contributed by atoms with Gasteiger partial charge in [0.1, 0.15) is 5.75 Å². The predicted molar refractivity (Wildman–Crippen MR) is 155 cm³/mol. The smallest absolute Gasteiger partial charge is 0.329 e. The van der Waals surface area contributed by atoms with Crippen LogP contribution >= 0.6 is 11.8 Å². The van der Waals surface area contributed by atoms with Gasteiger partial charge in [0, 0.05) is 18.8 Å². The largest absolute Gasteiger partial charge is 0.507 e. The lowest BCUT2D eigenvalue weighted by atomic mass is 10.1. The van der Waals surface area contributed by atoms with Crippen molar-refractivity contribution in [3.63, 3.8) is 0 Å². The van der Waals surface area contributed by atoms with Gasteiger partial charge in [-0.3, -0.25) is 18.5 Å². The van der Waals surface area contributed by atoms with E-state index in [-0.39, 0.29) is 23.1 Å². The normalized spacial score (nSPS) is 11.3. The summed E-state index contributed by atoms with van der Waals surface area (Å²) < 4.78 is 5.31. The van der Waals surface area contributed by atoms with Crippen molar-refractivity contribution in [1.29, 1.82) is 0 Å². The van der Waals surface area contributed by atoms with Crippen molar-refractivity contribution in [2.45, 2.75) is 45.9 Å². The van der Waals surface area contributed by atoms with Crippen LogP contribution in [0.2, 0.25) is 0 Å². The average molecular weight is 543 g/mol. The molecule has 2 heterocycles. The molecule has 0 aliphatic rings. The summed E-state index contributed by atoms with van der Waals surface area (Å²) in [7, 11) is 0. The Morgan fingerprint density at radius 3 is 2.41 bits per heavy atom. The fraction of sp³-hybridized carbons (Fsp3) is 0.241. The third-order valence-electron chi connectivity index (χ3n) is 6.64. The number of aryl methyl sites for hydroxylation is 4. The third kappa shape index (κ3) is 4.95. The van der Waals surface area contributed by atoms with E-state index in [2.05, 4.69) is 21.6 Å². The standard InChI is InChI=1S/C29H30N6O3S/c1-5-33-23-14-12-20(16-24(23)34(6-2)29(33)38)30-26(37)17-39-28-32-31-27(21-9-7-8-10-25(21)36)35(28)22-13-11-18(3)15-19(22)4/h7-16,36H,5-6,17H2,1-4H3,(H,30,37). The van der Waals surface area contributed by atoms with Gasteiger partial charge in [-0.15, -0.1) is 10.2 Å². The van der Waals surface area contributed by atoms with E-state index < -0.39 is 0 Å². The van der Waals surface area contributed by atoms with Crippen LogP contribution < -0.4 is 11.0 Å². The molecule has 0 fully saturated rings. The van der Waals surface area contributed by atoms with Gasteiger partial charge in [-0.25, -0.2) is 4.79 Å². The molecule has 0 spiro atoms. The summed E-state index contributed by atoms with van der Waals surface area (Å²) in [6, 6.07) is 18.6. The second-order valence-corrected chi connectivity index (χ2v) is 10.2. The van der Waals surface area contributed by atoms with Gasteiger partial charge in [-0.2, -0.15) is 0 Å². The first-order valence-electron chi connectivity index (χ1n) is 12.8. The molecule has 0 bridgehead atoms. The maximum Gasteiger partial charge on any atom is 0.329 e. The van der Waals surface area contributed by atoms with Gasteiger partial charge in [0.15, 0.2) is 11.0 Å². The van der Waals surface area contributed by atoms with Crippen LogP contribution in [0.5, 0.6) is 5.75 Å². The zero-order chi connectivity index (χ0) is 27.7. The first-order valence-corrected chi connectivity index (χ1v) is 13.8. The number of anilines is 1. The van der Waals surface area contributed by atoms with Crippen LogP contribution in [0.1, 0.15) is 25.0 Å². The monoisotopic (exact) mass is 542 g/mol. The number of hydrogen-bond acceptors (Lipinski definition) is 6. The molecule has 5 rings (SSSR count). The molecule has 200 valence electrons. The molecule has 1 amide bonds. The van der Waals surface area contributed by atoms with Crippen LogP contribution in [0, 0.1) is 13.8 Å². The minimum atomic E-state index is -0.209. The molecule has 0 saturated carbocycles. The van der Waals surface area contributed by atoms with Crippen LogP contribution in [0.4, 0.5) is 5.69 Å². The van der Waals surface area contributed by atoms with E-state index in [9.17, 15) is 14.7 Å². The van der Waals surface area contributed by atoms with Crippen molar-refractivity contribution >= 4 is 34.4 Å². The second-order valence-electron chi connectivity index (χ2n) is 9.26. The van der Waals surface area contributed by atoms with Crippen molar-refractivity contribution in [1.82, 2.24) is 23.9 Å². The van der Waals surface area contributed by atoms with E-state index in [1.165, 1.54) is 11.8 Å². The Bertz CT molecular complexity index is 1750. The fourth-order valence-corrected chi connectivity index (χ4v) is 5.55. The lowest BCUT2D eigenvalue weighted by Crippen LogP contribution is -2.23. The van der Waals surface area contributed by atoms with Gasteiger partial charge in [-0.1, -0.05) is 41.6 Å². The van der Waals surface area contributed by atoms with Crippen LogP contribution in [0.3, 0.4) is 0 Å². The summed E-state index contributed by atoms with van der Waals surface area (Å²) in [6.07, 6.45) is 0. The second kappa shape index (κ2) is 10.8. The number of para-hydroxylation sites is 1. The summed E-state index contributed by atoms with van der Waals surface area (Å²) in [5, 5.41) is 22.8. The number of thioether (sulfide) groups is 1. The molecule has 39 heavy (non-hydrogen) atoms. The Balaban J connectivity index is 1.43. The number of carbonyl (C=O) groups is 1. The molecule has 0 aliphatic carbocycles. The zero-order valence-electron chi connectivity index (χ0n) is 22.3. The number of fused-ring (bicyclic) bond motifs is 1. The van der Waals surface area contributed by atoms with Gasteiger partial charge in [0.05, 0.1) is 28.0 Å². The van der Waals surface area contributed by atoms with Gasteiger partial charge in [0.25, 0.3) is 0 Å². The average Bonchev–Trinajstić information content (AvgIpc) is 3.44. The third-order valence-corrected chi connectivity index (χ3v) is 7.57. The van der Waals surface area contributed by atoms with Gasteiger partial charge < -0.3 is 10.4 Å². The molecule has 2 N–H and O–H groups in total. The summed E-state index contributed by atoms with van der Waals surface area (Å²) in [6.45, 7) is 9.03. The molecule has 5 aromatic rings. The highest BCUT2D eigenvalue weighted by Gasteiger charge is 2.21. The van der Waals surface area contributed by atoms with E-state index in [0.717, 1.165) is 27.8 Å². The number of imidazole rings is 1. The van der Waals surface area contributed by atoms with E-state index >= 15 is 0 Å². The van der Waals surface area contributed by atoms with Gasteiger partial charge in [0.2, 0.25) is 5.91 Å². The number of benzene rings is 3. The molecule has 9 nitrogen and oxygen atoms in total. The van der Waals surface area contributed by atoms with Crippen LogP contribution in [0.15, 0.2) is 70.6 Å². The van der Waals surface area contributed by atoms with Crippen molar-refractivity contribution < 1.29 is 9.90 Å². The van der Waals surface area contributed by atoms with E-state index in [1.807, 2.05) is 68.7 Å². The number of rotatable bonds is 8. The number of amides is 1. The van der Waals surface area contributed by atoms with E-state index in [4.69, 9.17) is 0 Å². The molecule has 0 aliphatic heterocycles. The van der Waals surface area contributed by atoms with Crippen LogP contribution in [-0.2, 0) is 17.9 Å². The fourth-order valence-electron chi connectivity index (χ4n) is 4.81. The molecule has 0 atom stereocenters. The Labute approximate surface area is 230 Å². The molecular weight excluding hydrogens is 512 g/mol. The lowest BCUT2D eigenvalue weighted by molar-refractivity contribution is -0.113. The van der Waals surface area contributed by atoms with Crippen LogP contribution in [-0.4, -0.2) is 40.7 Å². The Kier molecular flexibility index (Phi) is 7.30. The number of phenolic OH excluding ortho intramolecular Hbond substituents is 1. The summed E-state index contributed by atoms with van der Waals surface area (Å²) in [5.41, 5.74) is 5.76. The molecular formula is C29H30N6O3S. The maximum absolute atomic E-state index is 13.0. The van der Waals surface area contributed by atoms with Gasteiger partial charge >= 0.3 is 5.69 Å². The minimum absolute atomic E-state index is 0.0555. The topological polar surface area (TPSA) is 107 Å². The predicted octanol–water partition coefficient (Wildman–Crippen LogP) is 5.14. The number of aromatic nitrogens is 5. The molecule has 0 radical (unpaired) electrons. The maximum atomic E-state index is 13.0. The SMILES string of the molecule is CCn1c(=O)n(CC)c2cc(NC(=O)CSc3nnc(-c4ccccc4O)n3-c3ccc(C)cc3C)ccc21. The van der Waals surface area contributed by atoms with Crippen molar-refractivity contribution in [2.24, 2.45) is 0 Å². The first-order chi connectivity index (χ1) is 18.8. The number of carbonyl (C=O) groups excluding carboxylic acids is 1. The molecule has 2 aromatic heterocycles. The molecule has 0 saturated heterocycles. The lowest BCUT2D eigenvalue weighted by Gasteiger charge is -2.14. The number of phenols is 1. The highest BCUT2D eigenvalue weighted by molar-refractivity contribution is 7.99. The number of hydrogen-bond donors (Lipinski definition) is 2. The highest BCUT2D eigenvalue weighted by atomic mass is 32.2. The van der Waals surface area contributed by atoms with E-state index in [1.54, 1.807) is 27.3 Å². The zero-order valence-corrected chi connectivity index (χ0v) is 23.1. The number of nitrogens with zero attached hydrogens (tertiary/aromatic N) is 5. The molecule has 0 unspecified atom stereocenters. The molecule has 10 heteroatoms. The number of aromatic hydroxyl groups is 1. The summed E-state index contributed by atoms with van der Waals surface area (Å²) >= 11 is 1.26.